The average molecular weight is 637 g/mol. The highest BCUT2D eigenvalue weighted by Crippen LogP contribution is 2.35. The van der Waals surface area contributed by atoms with E-state index < -0.39 is 0 Å². The van der Waals surface area contributed by atoms with Crippen molar-refractivity contribution in [3.8, 4) is 11.3 Å². The number of carbonyl (C=O) groups excluding carboxylic acids is 1. The van der Waals surface area contributed by atoms with E-state index in [1.54, 1.807) is 36.5 Å². The minimum Gasteiger partial charge on any atom is -0.392 e. The van der Waals surface area contributed by atoms with Crippen molar-refractivity contribution < 1.29 is 14.6 Å². The summed E-state index contributed by atoms with van der Waals surface area (Å²) in [4.78, 5) is 42.9. The normalized spacial score (nSPS) is 18.6. The summed E-state index contributed by atoms with van der Waals surface area (Å²) in [6.07, 6.45) is 9.56. The Hall–Kier alpha value is -4.52. The van der Waals surface area contributed by atoms with Gasteiger partial charge >= 0.3 is 0 Å². The summed E-state index contributed by atoms with van der Waals surface area (Å²) in [5, 5.41) is 13.8. The lowest BCUT2D eigenvalue weighted by atomic mass is 9.98. The zero-order chi connectivity index (χ0) is 32.1. The Bertz CT molecular complexity index is 1870. The first-order chi connectivity index (χ1) is 23.0. The van der Waals surface area contributed by atoms with Crippen LogP contribution in [0.4, 0.5) is 22.9 Å². The lowest BCUT2D eigenvalue weighted by molar-refractivity contribution is -0.0660. The number of aromatic nitrogens is 4. The van der Waals surface area contributed by atoms with Crippen LogP contribution in [0.5, 0.6) is 0 Å². The topological polar surface area (TPSA) is 121 Å². The highest BCUT2D eigenvalue weighted by Gasteiger charge is 2.32. The summed E-state index contributed by atoms with van der Waals surface area (Å²) in [6.45, 7) is 6.46. The van der Waals surface area contributed by atoms with Crippen LogP contribution in [-0.4, -0.2) is 87.0 Å². The number of anilines is 4. The van der Waals surface area contributed by atoms with Gasteiger partial charge in [0.05, 0.1) is 49.1 Å². The number of aliphatic hydroxyl groups is 1. The fourth-order valence-electron chi connectivity index (χ4n) is 7.50. The zero-order valence-corrected chi connectivity index (χ0v) is 26.7. The van der Waals surface area contributed by atoms with Crippen LogP contribution in [0.25, 0.3) is 11.3 Å². The summed E-state index contributed by atoms with van der Waals surface area (Å²) in [5.74, 6) is 0.492. The minimum absolute atomic E-state index is 0.0651. The first-order valence-electron chi connectivity index (χ1n) is 16.6. The second-order valence-corrected chi connectivity index (χ2v) is 12.9. The molecule has 8 rings (SSSR count). The third kappa shape index (κ3) is 5.39. The molecule has 0 saturated carbocycles. The Morgan fingerprint density at radius 3 is 2.55 bits per heavy atom. The Morgan fingerprint density at radius 1 is 0.979 bits per heavy atom. The van der Waals surface area contributed by atoms with Crippen LogP contribution in [-0.2, 0) is 37.8 Å². The number of pyridine rings is 3. The highest BCUT2D eigenvalue weighted by molar-refractivity contribution is 6.07. The van der Waals surface area contributed by atoms with Crippen molar-refractivity contribution in [2.45, 2.75) is 44.9 Å². The molecular weight excluding hydrogens is 596 g/mol. The molecule has 1 aliphatic carbocycles. The molecule has 2 saturated heterocycles. The monoisotopic (exact) mass is 636 g/mol. The van der Waals surface area contributed by atoms with Crippen LogP contribution in [0.1, 0.15) is 40.2 Å². The second-order valence-electron chi connectivity index (χ2n) is 12.9. The van der Waals surface area contributed by atoms with Gasteiger partial charge in [-0.3, -0.25) is 19.5 Å². The van der Waals surface area contributed by atoms with Gasteiger partial charge in [-0.15, -0.1) is 0 Å². The van der Waals surface area contributed by atoms with E-state index in [0.717, 1.165) is 70.8 Å². The molecule has 0 atom stereocenters. The molecule has 7 heterocycles. The number of amides is 1. The predicted octanol–water partition coefficient (Wildman–Crippen LogP) is 2.94. The van der Waals surface area contributed by atoms with Crippen molar-refractivity contribution in [2.24, 2.45) is 7.05 Å². The van der Waals surface area contributed by atoms with E-state index in [1.807, 2.05) is 18.3 Å². The van der Waals surface area contributed by atoms with Crippen LogP contribution in [0, 0.1) is 0 Å². The Kier molecular flexibility index (Phi) is 7.78. The van der Waals surface area contributed by atoms with E-state index in [0.29, 0.717) is 58.8 Å². The number of ether oxygens (including phenoxy) is 1. The summed E-state index contributed by atoms with van der Waals surface area (Å²) in [5.41, 5.74) is 6.82. The van der Waals surface area contributed by atoms with Gasteiger partial charge in [0.2, 0.25) is 0 Å². The molecule has 0 aromatic carbocycles. The summed E-state index contributed by atoms with van der Waals surface area (Å²) < 4.78 is 9.04. The summed E-state index contributed by atoms with van der Waals surface area (Å²) in [6, 6.07) is 10.1. The lowest BCUT2D eigenvalue weighted by Gasteiger charge is -2.43. The number of rotatable bonds is 7. The van der Waals surface area contributed by atoms with Gasteiger partial charge in [-0.1, -0.05) is 0 Å². The number of fused-ring (bicyclic) bond motifs is 3. The van der Waals surface area contributed by atoms with Crippen molar-refractivity contribution >= 4 is 28.8 Å². The highest BCUT2D eigenvalue weighted by atomic mass is 16.5. The molecule has 4 aromatic rings. The molecule has 244 valence electrons. The zero-order valence-electron chi connectivity index (χ0n) is 26.7. The van der Waals surface area contributed by atoms with Crippen molar-refractivity contribution in [3.63, 3.8) is 0 Å². The first kappa shape index (κ1) is 29.9. The number of aryl methyl sites for hydroxylation is 2. The Morgan fingerprint density at radius 2 is 1.81 bits per heavy atom. The molecule has 3 aliphatic heterocycles. The number of nitrogens with zero attached hydrogens (tertiary/aromatic N) is 7. The quantitative estimate of drug-likeness (QED) is 0.316. The van der Waals surface area contributed by atoms with Crippen molar-refractivity contribution in [1.82, 2.24) is 24.0 Å². The fourth-order valence-corrected chi connectivity index (χ4v) is 7.50. The average Bonchev–Trinajstić information content (AvgIpc) is 3.46. The maximum atomic E-state index is 13.8. The number of hydrogen-bond donors (Lipinski definition) is 2. The summed E-state index contributed by atoms with van der Waals surface area (Å²) >= 11 is 0. The molecule has 4 aliphatic rings. The van der Waals surface area contributed by atoms with Gasteiger partial charge in [-0.2, -0.15) is 0 Å². The number of piperazine rings is 1. The first-order valence-corrected chi connectivity index (χ1v) is 16.6. The SMILES string of the molecule is Cn1cc(-c2nccc(N3CCn4c(cc5c4CCCC5)C3=O)c2CO)cc(Nc2ccc(N3CCN(C4COC4)CC3)cn2)c1=O. The van der Waals surface area contributed by atoms with Gasteiger partial charge in [0.25, 0.3) is 11.5 Å². The molecule has 47 heavy (non-hydrogen) atoms. The van der Waals surface area contributed by atoms with E-state index >= 15 is 0 Å². The molecule has 0 radical (unpaired) electrons. The van der Waals surface area contributed by atoms with Gasteiger partial charge in [0.15, 0.2) is 0 Å². The van der Waals surface area contributed by atoms with Crippen LogP contribution in [0.3, 0.4) is 0 Å². The van der Waals surface area contributed by atoms with Crippen molar-refractivity contribution in [1.29, 1.82) is 0 Å². The lowest BCUT2D eigenvalue weighted by Crippen LogP contribution is -2.56. The van der Waals surface area contributed by atoms with Gasteiger partial charge in [-0.05, 0) is 61.6 Å². The van der Waals surface area contributed by atoms with Gasteiger partial charge in [-0.25, -0.2) is 4.98 Å². The smallest absolute Gasteiger partial charge is 0.274 e. The van der Waals surface area contributed by atoms with E-state index in [2.05, 4.69) is 35.7 Å². The van der Waals surface area contributed by atoms with Crippen molar-refractivity contribution in [3.05, 3.63) is 81.8 Å². The molecule has 0 bridgehead atoms. The molecule has 12 nitrogen and oxygen atoms in total. The number of hydrogen-bond acceptors (Lipinski definition) is 9. The second kappa shape index (κ2) is 12.3. The van der Waals surface area contributed by atoms with Crippen LogP contribution in [0.15, 0.2) is 53.7 Å². The molecule has 12 heteroatoms. The third-order valence-corrected chi connectivity index (χ3v) is 10.2. The number of carbonyl (C=O) groups is 1. The van der Waals surface area contributed by atoms with Crippen LogP contribution in [0.2, 0.25) is 0 Å². The fraction of sp³-hybridized carbons (Fsp3) is 0.429. The van der Waals surface area contributed by atoms with Crippen molar-refractivity contribution in [2.75, 3.05) is 61.1 Å². The molecule has 1 amide bonds. The molecule has 0 unspecified atom stereocenters. The van der Waals surface area contributed by atoms with E-state index in [9.17, 15) is 14.7 Å². The van der Waals surface area contributed by atoms with E-state index in [-0.39, 0.29) is 18.1 Å². The van der Waals surface area contributed by atoms with Gasteiger partial charge in [0.1, 0.15) is 17.2 Å². The van der Waals surface area contributed by atoms with Crippen LogP contribution < -0.4 is 20.7 Å². The number of nitrogens with one attached hydrogen (secondary N) is 1. The van der Waals surface area contributed by atoms with Gasteiger partial charge in [0, 0.05) is 75.5 Å². The van der Waals surface area contributed by atoms with Gasteiger partial charge < -0.3 is 34.1 Å². The molecule has 2 fully saturated rings. The maximum Gasteiger partial charge on any atom is 0.274 e. The maximum absolute atomic E-state index is 13.8. The summed E-state index contributed by atoms with van der Waals surface area (Å²) in [7, 11) is 1.69. The Balaban J connectivity index is 1.04. The number of aliphatic hydroxyl groups excluding tert-OH is 1. The van der Waals surface area contributed by atoms with E-state index in [1.165, 1.54) is 15.8 Å². The molecule has 4 aromatic heterocycles. The molecular formula is C35H40N8O4. The Labute approximate surface area is 273 Å². The third-order valence-electron chi connectivity index (χ3n) is 10.2. The standard InChI is InChI=1S/C35H40N8O4/c1-39-19-24(16-28(34(39)45)38-32-7-6-25(18-37-32)40-10-12-41(13-11-40)26-21-47-22-26)33-27(20-44)30(8-9-36-33)43-15-14-42-29-5-3-2-4-23(29)17-31(42)35(43)46/h6-9,16-19,26,44H,2-5,10-15,20-22H2,1H3,(H,37,38). The van der Waals surface area contributed by atoms with Crippen LogP contribution >= 0.6 is 0 Å². The molecule has 0 spiro atoms. The molecule has 2 N–H and O–H groups in total. The largest absolute Gasteiger partial charge is 0.392 e. The van der Waals surface area contributed by atoms with E-state index in [4.69, 9.17) is 4.74 Å². The predicted molar refractivity (Wildman–Crippen MR) is 179 cm³/mol. The minimum atomic E-state index is -0.308.